The summed E-state index contributed by atoms with van der Waals surface area (Å²) >= 11 is 5.30. The lowest BCUT2D eigenvalue weighted by Gasteiger charge is -2.26. The van der Waals surface area contributed by atoms with E-state index in [-0.39, 0.29) is 0 Å². The molecule has 1 aliphatic rings. The van der Waals surface area contributed by atoms with Crippen LogP contribution in [0.3, 0.4) is 0 Å². The van der Waals surface area contributed by atoms with E-state index < -0.39 is 0 Å². The molecule has 1 aliphatic heterocycles. The number of halogens is 1. The van der Waals surface area contributed by atoms with Crippen LogP contribution in [-0.2, 0) is 5.75 Å². The van der Waals surface area contributed by atoms with Gasteiger partial charge in [-0.15, -0.1) is 0 Å². The van der Waals surface area contributed by atoms with Crippen LogP contribution in [0.1, 0.15) is 5.89 Å². The lowest BCUT2D eigenvalue weighted by molar-refractivity contribution is 0.382. The summed E-state index contributed by atoms with van der Waals surface area (Å²) in [6.07, 6.45) is 0. The third kappa shape index (κ3) is 3.38. The second-order valence-corrected chi connectivity index (χ2v) is 6.51. The highest BCUT2D eigenvalue weighted by atomic mass is 79.9. The van der Waals surface area contributed by atoms with Gasteiger partial charge < -0.3 is 9.84 Å². The van der Waals surface area contributed by atoms with Gasteiger partial charge in [-0.3, -0.25) is 0 Å². The SMILES string of the molecule is Brc1cccc(-c2noc(CSCC3CNC3)n2)c1. The molecule has 0 saturated carbocycles. The Morgan fingerprint density at radius 2 is 2.32 bits per heavy atom. The van der Waals surface area contributed by atoms with Crippen molar-refractivity contribution in [3.63, 3.8) is 0 Å². The first-order valence-electron chi connectivity index (χ1n) is 6.18. The minimum Gasteiger partial charge on any atom is -0.338 e. The van der Waals surface area contributed by atoms with Crippen LogP contribution in [0.4, 0.5) is 0 Å². The van der Waals surface area contributed by atoms with Crippen LogP contribution in [0.5, 0.6) is 0 Å². The lowest BCUT2D eigenvalue weighted by Crippen LogP contribution is -2.43. The molecule has 100 valence electrons. The van der Waals surface area contributed by atoms with Crippen LogP contribution in [0.15, 0.2) is 33.3 Å². The number of aromatic nitrogens is 2. The molecule has 0 amide bonds. The number of nitrogens with one attached hydrogen (secondary N) is 1. The van der Waals surface area contributed by atoms with E-state index >= 15 is 0 Å². The molecule has 1 N–H and O–H groups in total. The minimum absolute atomic E-state index is 0.655. The number of benzene rings is 1. The molecular weight excluding hydrogens is 326 g/mol. The predicted molar refractivity (Wildman–Crippen MR) is 80.0 cm³/mol. The maximum absolute atomic E-state index is 5.28. The van der Waals surface area contributed by atoms with Crippen LogP contribution in [-0.4, -0.2) is 29.0 Å². The van der Waals surface area contributed by atoms with Crippen LogP contribution in [0, 0.1) is 5.92 Å². The molecule has 0 aliphatic carbocycles. The lowest BCUT2D eigenvalue weighted by atomic mass is 10.1. The summed E-state index contributed by atoms with van der Waals surface area (Å²) < 4.78 is 6.30. The average molecular weight is 340 g/mol. The Bertz CT molecular complexity index is 556. The first-order chi connectivity index (χ1) is 9.31. The zero-order chi connectivity index (χ0) is 13.1. The normalized spacial score (nSPS) is 15.4. The highest BCUT2D eigenvalue weighted by molar-refractivity contribution is 9.10. The summed E-state index contributed by atoms with van der Waals surface area (Å²) in [5.74, 6) is 4.10. The first kappa shape index (κ1) is 13.1. The topological polar surface area (TPSA) is 51.0 Å². The molecule has 19 heavy (non-hydrogen) atoms. The summed E-state index contributed by atoms with van der Waals surface area (Å²) in [4.78, 5) is 4.43. The van der Waals surface area contributed by atoms with Crippen molar-refractivity contribution in [1.82, 2.24) is 15.5 Å². The van der Waals surface area contributed by atoms with Gasteiger partial charge in [-0.1, -0.05) is 33.2 Å². The monoisotopic (exact) mass is 339 g/mol. The summed E-state index contributed by atoms with van der Waals surface area (Å²) in [7, 11) is 0. The molecule has 4 nitrogen and oxygen atoms in total. The Morgan fingerprint density at radius 1 is 1.42 bits per heavy atom. The maximum atomic E-state index is 5.28. The van der Waals surface area contributed by atoms with Crippen molar-refractivity contribution in [2.45, 2.75) is 5.75 Å². The predicted octanol–water partition coefficient (Wildman–Crippen LogP) is 2.95. The number of hydrogen-bond donors (Lipinski definition) is 1. The minimum atomic E-state index is 0.655. The molecule has 2 aromatic rings. The summed E-state index contributed by atoms with van der Waals surface area (Å²) in [6, 6.07) is 7.91. The summed E-state index contributed by atoms with van der Waals surface area (Å²) in [5, 5.41) is 7.30. The Labute approximate surface area is 124 Å². The highest BCUT2D eigenvalue weighted by Gasteiger charge is 2.17. The fraction of sp³-hybridized carbons (Fsp3) is 0.385. The third-order valence-electron chi connectivity index (χ3n) is 3.00. The molecule has 2 heterocycles. The Hall–Kier alpha value is -0.850. The van der Waals surface area contributed by atoms with Crippen molar-refractivity contribution in [3.8, 4) is 11.4 Å². The molecule has 3 rings (SSSR count). The van der Waals surface area contributed by atoms with Gasteiger partial charge in [0.15, 0.2) is 0 Å². The molecule has 1 fully saturated rings. The fourth-order valence-corrected chi connectivity index (χ4v) is 3.22. The number of hydrogen-bond acceptors (Lipinski definition) is 5. The molecular formula is C13H14BrN3OS. The van der Waals surface area contributed by atoms with E-state index in [1.54, 1.807) is 0 Å². The molecule has 0 spiro atoms. The van der Waals surface area contributed by atoms with E-state index in [1.165, 1.54) is 0 Å². The summed E-state index contributed by atoms with van der Waals surface area (Å²) in [6.45, 7) is 2.28. The van der Waals surface area contributed by atoms with Crippen molar-refractivity contribution < 1.29 is 4.52 Å². The van der Waals surface area contributed by atoms with Crippen LogP contribution in [0.2, 0.25) is 0 Å². The molecule has 0 radical (unpaired) electrons. The van der Waals surface area contributed by atoms with Crippen molar-refractivity contribution in [3.05, 3.63) is 34.6 Å². The Kier molecular flexibility index (Phi) is 4.20. The largest absolute Gasteiger partial charge is 0.338 e. The molecule has 0 atom stereocenters. The van der Waals surface area contributed by atoms with Gasteiger partial charge in [0.2, 0.25) is 11.7 Å². The molecule has 0 bridgehead atoms. The number of thioether (sulfide) groups is 1. The van der Waals surface area contributed by atoms with Gasteiger partial charge in [0.1, 0.15) is 0 Å². The van der Waals surface area contributed by atoms with E-state index in [0.29, 0.717) is 11.7 Å². The van der Waals surface area contributed by atoms with Gasteiger partial charge in [0.25, 0.3) is 0 Å². The van der Waals surface area contributed by atoms with Gasteiger partial charge in [-0.2, -0.15) is 16.7 Å². The molecule has 6 heteroatoms. The molecule has 1 aromatic carbocycles. The Balaban J connectivity index is 1.59. The summed E-state index contributed by atoms with van der Waals surface area (Å²) in [5.41, 5.74) is 0.970. The molecule has 1 aromatic heterocycles. The van der Waals surface area contributed by atoms with Gasteiger partial charge >= 0.3 is 0 Å². The van der Waals surface area contributed by atoms with E-state index in [9.17, 15) is 0 Å². The van der Waals surface area contributed by atoms with Crippen LogP contribution < -0.4 is 5.32 Å². The first-order valence-corrected chi connectivity index (χ1v) is 8.13. The van der Waals surface area contributed by atoms with Gasteiger partial charge in [0.05, 0.1) is 5.75 Å². The fourth-order valence-electron chi connectivity index (χ4n) is 1.84. The van der Waals surface area contributed by atoms with Crippen molar-refractivity contribution >= 4 is 27.7 Å². The number of rotatable bonds is 5. The van der Waals surface area contributed by atoms with E-state index in [1.807, 2.05) is 36.0 Å². The smallest absolute Gasteiger partial charge is 0.236 e. The zero-order valence-electron chi connectivity index (χ0n) is 10.3. The molecule has 0 unspecified atom stereocenters. The zero-order valence-corrected chi connectivity index (χ0v) is 12.7. The van der Waals surface area contributed by atoms with Gasteiger partial charge in [-0.25, -0.2) is 0 Å². The van der Waals surface area contributed by atoms with Crippen molar-refractivity contribution in [1.29, 1.82) is 0 Å². The van der Waals surface area contributed by atoms with E-state index in [2.05, 4.69) is 31.4 Å². The van der Waals surface area contributed by atoms with Crippen LogP contribution >= 0.6 is 27.7 Å². The Morgan fingerprint density at radius 3 is 3.05 bits per heavy atom. The second kappa shape index (κ2) is 6.07. The second-order valence-electron chi connectivity index (χ2n) is 4.56. The van der Waals surface area contributed by atoms with Crippen LogP contribution in [0.25, 0.3) is 11.4 Å². The highest BCUT2D eigenvalue weighted by Crippen LogP contribution is 2.22. The maximum Gasteiger partial charge on any atom is 0.236 e. The van der Waals surface area contributed by atoms with Gasteiger partial charge in [0, 0.05) is 10.0 Å². The van der Waals surface area contributed by atoms with Gasteiger partial charge in [-0.05, 0) is 36.9 Å². The standard InChI is InChI=1S/C13H14BrN3OS/c14-11-3-1-2-10(4-11)13-16-12(18-17-13)8-19-7-9-5-15-6-9/h1-4,9,15H,5-8H2. The van der Waals surface area contributed by atoms with E-state index in [0.717, 1.165) is 40.5 Å². The quantitative estimate of drug-likeness (QED) is 0.907. The number of nitrogens with zero attached hydrogens (tertiary/aromatic N) is 2. The molecule has 1 saturated heterocycles. The van der Waals surface area contributed by atoms with E-state index in [4.69, 9.17) is 4.52 Å². The van der Waals surface area contributed by atoms with Crippen molar-refractivity contribution in [2.75, 3.05) is 18.8 Å². The average Bonchev–Trinajstić information content (AvgIpc) is 2.81. The van der Waals surface area contributed by atoms with Crippen molar-refractivity contribution in [2.24, 2.45) is 5.92 Å². The third-order valence-corrected chi connectivity index (χ3v) is 4.65.